The lowest BCUT2D eigenvalue weighted by atomic mass is 9.84. The number of hydrogen-bond donors (Lipinski definition) is 0. The maximum atomic E-state index is 9.75. The van der Waals surface area contributed by atoms with Gasteiger partial charge in [-0.2, -0.15) is 0 Å². The van der Waals surface area contributed by atoms with Gasteiger partial charge in [-0.05, 0) is 77.8 Å². The molecule has 0 radical (unpaired) electrons. The third-order valence-corrected chi connectivity index (χ3v) is 5.50. The number of rotatable bonds is 3. The van der Waals surface area contributed by atoms with Crippen LogP contribution >= 0.6 is 0 Å². The lowest BCUT2D eigenvalue weighted by Gasteiger charge is -2.19. The minimum atomic E-state index is -1.02. The first-order valence-corrected chi connectivity index (χ1v) is 10.5. The standard InChI is InChI=1S/C36H24/c1-3-11-25(12-4-1)29-21-22-33-34(24-29)36(30-20-19-26-13-7-8-16-28(26)23-30)32-18-10-9-17-31(32)35(33)27-14-5-2-6-15-27/h1-24H/i1D,2D,3D,4D,5D,6D,7D,8D,9D,10D,11D,12D,13D,14D,15D,16D,17D,18D,19D,20D,21D,22D,23D,24D. The molecule has 0 aliphatic heterocycles. The third kappa shape index (κ3) is 3.39. The van der Waals surface area contributed by atoms with Crippen LogP contribution in [0.3, 0.4) is 0 Å². The second-order valence-electron chi connectivity index (χ2n) is 7.50. The second kappa shape index (κ2) is 8.52. The molecule has 168 valence electrons. The van der Waals surface area contributed by atoms with Crippen molar-refractivity contribution in [3.63, 3.8) is 0 Å². The van der Waals surface area contributed by atoms with Crippen LogP contribution in [0.5, 0.6) is 0 Å². The average molecular weight is 481 g/mol. The van der Waals surface area contributed by atoms with Crippen LogP contribution in [0.4, 0.5) is 0 Å². The Balaban J connectivity index is 1.97. The van der Waals surface area contributed by atoms with Gasteiger partial charge in [0.25, 0.3) is 0 Å². The van der Waals surface area contributed by atoms with Gasteiger partial charge in [-0.3, -0.25) is 0 Å². The zero-order valence-electron chi connectivity index (χ0n) is 42.0. The lowest BCUT2D eigenvalue weighted by molar-refractivity contribution is 1.63. The van der Waals surface area contributed by atoms with Crippen LogP contribution in [0.25, 0.3) is 65.7 Å². The molecule has 0 bridgehead atoms. The fourth-order valence-corrected chi connectivity index (χ4v) is 4.00. The van der Waals surface area contributed by atoms with Gasteiger partial charge in [0.05, 0.1) is 32.9 Å². The highest BCUT2D eigenvalue weighted by Gasteiger charge is 2.17. The van der Waals surface area contributed by atoms with Gasteiger partial charge < -0.3 is 0 Å². The first kappa shape index (κ1) is 7.66. The summed E-state index contributed by atoms with van der Waals surface area (Å²) in [5.41, 5.74) is -4.57. The minimum Gasteiger partial charge on any atom is -0.0622 e. The minimum absolute atomic E-state index is 0.577. The summed E-state index contributed by atoms with van der Waals surface area (Å²) in [6.07, 6.45) is 0. The van der Waals surface area contributed by atoms with Crippen molar-refractivity contribution >= 4 is 32.3 Å². The van der Waals surface area contributed by atoms with Gasteiger partial charge in [0.15, 0.2) is 0 Å². The van der Waals surface area contributed by atoms with Crippen molar-refractivity contribution in [3.8, 4) is 33.4 Å². The third-order valence-electron chi connectivity index (χ3n) is 5.50. The van der Waals surface area contributed by atoms with E-state index in [1.165, 1.54) is 0 Å². The van der Waals surface area contributed by atoms with Crippen LogP contribution in [0.1, 0.15) is 32.9 Å². The Morgan fingerprint density at radius 3 is 1.56 bits per heavy atom. The van der Waals surface area contributed by atoms with Crippen LogP contribution in [-0.4, -0.2) is 0 Å². The summed E-state index contributed by atoms with van der Waals surface area (Å²) in [5, 5.41) is -4.09. The zero-order valence-corrected chi connectivity index (χ0v) is 18.0. The van der Waals surface area contributed by atoms with Crippen molar-refractivity contribution in [2.24, 2.45) is 0 Å². The molecule has 0 fully saturated rings. The predicted octanol–water partition coefficient (Wildman–Crippen LogP) is 10.1. The summed E-state index contributed by atoms with van der Waals surface area (Å²) in [6, 6.07) is -22.2. The molecular formula is C36H24. The zero-order chi connectivity index (χ0) is 44.8. The number of benzene rings is 7. The lowest BCUT2D eigenvalue weighted by Crippen LogP contribution is -1.91. The molecule has 0 heterocycles. The van der Waals surface area contributed by atoms with E-state index in [1.807, 2.05) is 0 Å². The quantitative estimate of drug-likeness (QED) is 0.221. The van der Waals surface area contributed by atoms with Gasteiger partial charge in [-0.25, -0.2) is 0 Å². The molecule has 0 saturated carbocycles. The highest BCUT2D eigenvalue weighted by atomic mass is 14.2. The SMILES string of the molecule is [2H]c1c([2H])c([2H])c(-c2c([2H])c([2H])c3c(-c4c([2H])c([2H])c([2H])c([2H])c4[2H])c4c([2H])c([2H])c([2H])c([2H])c4c(-c4c([2H])c([2H])c5c([2H])c([2H])c([2H])c([2H])c5c4[2H])c3c2[2H])c([2H])c1[2H]. The molecule has 0 N–H and O–H groups in total. The van der Waals surface area contributed by atoms with Crippen LogP contribution in [-0.2, 0) is 0 Å². The maximum Gasteiger partial charge on any atom is 0.0636 e. The van der Waals surface area contributed by atoms with Crippen molar-refractivity contribution in [2.45, 2.75) is 0 Å². The van der Waals surface area contributed by atoms with Gasteiger partial charge in [0.2, 0.25) is 0 Å². The molecule has 0 aromatic heterocycles. The Morgan fingerprint density at radius 1 is 0.306 bits per heavy atom. The Morgan fingerprint density at radius 2 is 0.833 bits per heavy atom. The van der Waals surface area contributed by atoms with Gasteiger partial charge in [0.1, 0.15) is 0 Å². The Hall–Kier alpha value is -4.68. The van der Waals surface area contributed by atoms with Crippen molar-refractivity contribution in [1.29, 1.82) is 0 Å². The average Bonchev–Trinajstić information content (AvgIpc) is 3.21. The van der Waals surface area contributed by atoms with E-state index in [2.05, 4.69) is 0 Å². The molecule has 7 aromatic rings. The molecule has 0 aliphatic carbocycles. The van der Waals surface area contributed by atoms with E-state index in [0.29, 0.717) is 0 Å². The Bertz CT molecular complexity index is 3130. The summed E-state index contributed by atoms with van der Waals surface area (Å²) in [4.78, 5) is 0. The molecule has 0 nitrogen and oxygen atoms in total. The Kier molecular flexibility index (Phi) is 1.81. The largest absolute Gasteiger partial charge is 0.0636 e. The number of fused-ring (bicyclic) bond motifs is 3. The molecule has 0 amide bonds. The summed E-state index contributed by atoms with van der Waals surface area (Å²) >= 11 is 0. The Labute approximate surface area is 244 Å². The summed E-state index contributed by atoms with van der Waals surface area (Å²) < 4.78 is 211. The van der Waals surface area contributed by atoms with Crippen LogP contribution in [0.2, 0.25) is 0 Å². The molecule has 0 spiro atoms. The fourth-order valence-electron chi connectivity index (χ4n) is 4.00. The molecular weight excluding hydrogens is 432 g/mol. The molecule has 7 rings (SSSR count). The van der Waals surface area contributed by atoms with E-state index in [0.717, 1.165) is 0 Å². The first-order valence-electron chi connectivity index (χ1n) is 22.5. The molecule has 0 atom stereocenters. The van der Waals surface area contributed by atoms with Crippen LogP contribution in [0.15, 0.2) is 145 Å². The highest BCUT2D eigenvalue weighted by Crippen LogP contribution is 2.45. The molecule has 0 heteroatoms. The molecule has 36 heavy (non-hydrogen) atoms. The normalized spacial score (nSPS) is 20.7. The maximum absolute atomic E-state index is 9.75. The monoisotopic (exact) mass is 480 g/mol. The summed E-state index contributed by atoms with van der Waals surface area (Å²) in [7, 11) is 0. The van der Waals surface area contributed by atoms with Gasteiger partial charge in [-0.15, -0.1) is 0 Å². The highest BCUT2D eigenvalue weighted by molar-refractivity contribution is 6.22. The van der Waals surface area contributed by atoms with E-state index in [1.54, 1.807) is 0 Å². The predicted molar refractivity (Wildman–Crippen MR) is 155 cm³/mol. The van der Waals surface area contributed by atoms with Crippen molar-refractivity contribution in [1.82, 2.24) is 0 Å². The van der Waals surface area contributed by atoms with E-state index in [-0.39, 0.29) is 0 Å². The summed E-state index contributed by atoms with van der Waals surface area (Å²) in [5.74, 6) is 0. The molecule has 0 unspecified atom stereocenters. The number of hydrogen-bond acceptors (Lipinski definition) is 0. The van der Waals surface area contributed by atoms with Crippen molar-refractivity contribution < 1.29 is 32.9 Å². The topological polar surface area (TPSA) is 0 Å². The first-order chi connectivity index (χ1) is 27.9. The van der Waals surface area contributed by atoms with E-state index in [9.17, 15) is 9.60 Å². The molecule has 0 aliphatic rings. The van der Waals surface area contributed by atoms with Crippen LogP contribution in [0, 0.1) is 0 Å². The van der Waals surface area contributed by atoms with Crippen LogP contribution < -0.4 is 0 Å². The molecule has 7 aromatic carbocycles. The fraction of sp³-hybridized carbons (Fsp3) is 0. The van der Waals surface area contributed by atoms with E-state index >= 15 is 0 Å². The van der Waals surface area contributed by atoms with E-state index < -0.39 is 211 Å². The van der Waals surface area contributed by atoms with Gasteiger partial charge in [-0.1, -0.05) is 133 Å². The second-order valence-corrected chi connectivity index (χ2v) is 7.50. The van der Waals surface area contributed by atoms with Gasteiger partial charge in [0, 0.05) is 0 Å². The van der Waals surface area contributed by atoms with E-state index in [4.69, 9.17) is 23.3 Å². The summed E-state index contributed by atoms with van der Waals surface area (Å²) in [6.45, 7) is 0. The smallest absolute Gasteiger partial charge is 0.0622 e. The van der Waals surface area contributed by atoms with Crippen molar-refractivity contribution in [3.05, 3.63) is 145 Å². The van der Waals surface area contributed by atoms with Gasteiger partial charge >= 0.3 is 0 Å². The molecule has 0 saturated heterocycles. The van der Waals surface area contributed by atoms with Crippen molar-refractivity contribution in [2.75, 3.05) is 0 Å².